The number of rotatable bonds is 6. The number of pyridine rings is 1. The summed E-state index contributed by atoms with van der Waals surface area (Å²) in [5.74, 6) is -0.770. The third-order valence-corrected chi connectivity index (χ3v) is 6.33. The molecule has 4 rings (SSSR count). The number of aromatic nitrogens is 1. The zero-order chi connectivity index (χ0) is 20.2. The summed E-state index contributed by atoms with van der Waals surface area (Å²) in [6.07, 6.45) is 9.63. The Balaban J connectivity index is 1.44. The first-order valence-corrected chi connectivity index (χ1v) is 10.7. The average molecular weight is 405 g/mol. The van der Waals surface area contributed by atoms with Crippen LogP contribution in [-0.2, 0) is 30.1 Å². The lowest BCUT2D eigenvalue weighted by atomic mass is 9.78. The van der Waals surface area contributed by atoms with Gasteiger partial charge in [0.1, 0.15) is 0 Å². The second-order valence-corrected chi connectivity index (χ2v) is 8.23. The van der Waals surface area contributed by atoms with Crippen LogP contribution in [0.15, 0.2) is 18.3 Å². The lowest BCUT2D eigenvalue weighted by Crippen LogP contribution is -2.48. The van der Waals surface area contributed by atoms with Crippen LogP contribution < -0.4 is 0 Å². The van der Waals surface area contributed by atoms with E-state index in [9.17, 15) is 4.79 Å². The second-order valence-electron chi connectivity index (χ2n) is 8.23. The third kappa shape index (κ3) is 4.97. The zero-order valence-electron chi connectivity index (χ0n) is 17.2. The summed E-state index contributed by atoms with van der Waals surface area (Å²) in [5.41, 5.74) is 1.11. The average Bonchev–Trinajstić information content (AvgIpc) is 3.23. The van der Waals surface area contributed by atoms with Crippen LogP contribution in [-0.4, -0.2) is 55.6 Å². The van der Waals surface area contributed by atoms with Crippen LogP contribution in [0, 0.1) is 0 Å². The van der Waals surface area contributed by atoms with E-state index in [2.05, 4.69) is 4.98 Å². The Morgan fingerprint density at radius 1 is 1.17 bits per heavy atom. The van der Waals surface area contributed by atoms with Gasteiger partial charge >= 0.3 is 5.97 Å². The quantitative estimate of drug-likeness (QED) is 0.672. The van der Waals surface area contributed by atoms with Gasteiger partial charge in [-0.3, -0.25) is 4.98 Å². The summed E-state index contributed by atoms with van der Waals surface area (Å²) >= 11 is 0. The Labute approximate surface area is 172 Å². The molecule has 3 fully saturated rings. The van der Waals surface area contributed by atoms with E-state index in [1.165, 1.54) is 7.11 Å². The van der Waals surface area contributed by atoms with Crippen molar-refractivity contribution < 1.29 is 28.5 Å². The summed E-state index contributed by atoms with van der Waals surface area (Å²) in [6.45, 7) is 2.10. The molecular weight excluding hydrogens is 374 g/mol. The molecule has 1 atom stereocenters. The Kier molecular flexibility index (Phi) is 6.49. The van der Waals surface area contributed by atoms with Crippen molar-refractivity contribution in [3.05, 3.63) is 29.6 Å². The van der Waals surface area contributed by atoms with E-state index in [0.717, 1.165) is 70.1 Å². The highest BCUT2D eigenvalue weighted by Crippen LogP contribution is 2.45. The fraction of sp³-hybridized carbons (Fsp3) is 0.727. The molecule has 1 aromatic rings. The van der Waals surface area contributed by atoms with Crippen molar-refractivity contribution in [1.82, 2.24) is 4.98 Å². The maximum Gasteiger partial charge on any atom is 0.337 e. The summed E-state index contributed by atoms with van der Waals surface area (Å²) in [5, 5.41) is 0. The number of aryl methyl sites for hydroxylation is 1. The molecule has 1 saturated carbocycles. The number of nitrogens with zero attached hydrogens (tertiary/aromatic N) is 1. The Morgan fingerprint density at radius 3 is 2.66 bits per heavy atom. The molecule has 0 aromatic carbocycles. The van der Waals surface area contributed by atoms with Crippen molar-refractivity contribution in [2.24, 2.45) is 0 Å². The van der Waals surface area contributed by atoms with Gasteiger partial charge in [-0.25, -0.2) is 4.79 Å². The maximum atomic E-state index is 11.8. The molecule has 3 aliphatic rings. The second kappa shape index (κ2) is 9.08. The fourth-order valence-electron chi connectivity index (χ4n) is 4.60. The maximum absolute atomic E-state index is 11.8. The molecule has 0 bridgehead atoms. The van der Waals surface area contributed by atoms with Gasteiger partial charge in [0.15, 0.2) is 12.1 Å². The van der Waals surface area contributed by atoms with Crippen LogP contribution in [0.3, 0.4) is 0 Å². The normalized spacial score (nSPS) is 25.8. The van der Waals surface area contributed by atoms with Crippen molar-refractivity contribution in [3.8, 4) is 0 Å². The van der Waals surface area contributed by atoms with E-state index in [1.807, 2.05) is 6.07 Å². The molecule has 1 unspecified atom stereocenters. The van der Waals surface area contributed by atoms with Gasteiger partial charge in [-0.05, 0) is 57.1 Å². The van der Waals surface area contributed by atoms with Crippen LogP contribution in [0.4, 0.5) is 0 Å². The topological polar surface area (TPSA) is 76.1 Å². The van der Waals surface area contributed by atoms with E-state index < -0.39 is 5.79 Å². The largest absolute Gasteiger partial charge is 0.465 e. The van der Waals surface area contributed by atoms with E-state index in [-0.39, 0.29) is 17.9 Å². The van der Waals surface area contributed by atoms with Gasteiger partial charge in [0.05, 0.1) is 31.5 Å². The van der Waals surface area contributed by atoms with Crippen LogP contribution in [0.1, 0.15) is 67.4 Å². The Hall–Kier alpha value is -1.54. The highest BCUT2D eigenvalue weighted by molar-refractivity contribution is 5.89. The molecule has 7 nitrogen and oxygen atoms in total. The SMILES string of the molecule is COC(=O)c1ccnc(CCC2(OC3CCCCO3)CCC3(CC2)OCCO3)c1. The lowest BCUT2D eigenvalue weighted by Gasteiger charge is -2.45. The van der Waals surface area contributed by atoms with Gasteiger partial charge in [0.25, 0.3) is 0 Å². The van der Waals surface area contributed by atoms with Crippen LogP contribution in [0.25, 0.3) is 0 Å². The van der Waals surface area contributed by atoms with Crippen molar-refractivity contribution in [3.63, 3.8) is 0 Å². The number of methoxy groups -OCH3 is 1. The van der Waals surface area contributed by atoms with Crippen molar-refractivity contribution in [1.29, 1.82) is 0 Å². The molecule has 1 spiro atoms. The predicted octanol–water partition coefficient (Wildman–Crippen LogP) is 3.40. The summed E-state index contributed by atoms with van der Waals surface area (Å²) < 4.78 is 29.1. The van der Waals surface area contributed by atoms with Crippen LogP contribution in [0.2, 0.25) is 0 Å². The molecule has 29 heavy (non-hydrogen) atoms. The highest BCUT2D eigenvalue weighted by atomic mass is 16.7. The van der Waals surface area contributed by atoms with Gasteiger partial charge < -0.3 is 23.7 Å². The molecule has 160 valence electrons. The van der Waals surface area contributed by atoms with Gasteiger partial charge in [0, 0.05) is 31.3 Å². The fourth-order valence-corrected chi connectivity index (χ4v) is 4.60. The molecule has 3 heterocycles. The van der Waals surface area contributed by atoms with Gasteiger partial charge in [-0.1, -0.05) is 0 Å². The monoisotopic (exact) mass is 405 g/mol. The first kappa shape index (κ1) is 20.7. The minimum Gasteiger partial charge on any atom is -0.465 e. The predicted molar refractivity (Wildman–Crippen MR) is 104 cm³/mol. The van der Waals surface area contributed by atoms with Crippen molar-refractivity contribution in [2.45, 2.75) is 75.5 Å². The number of carbonyl (C=O) groups excluding carboxylic acids is 1. The molecule has 7 heteroatoms. The third-order valence-electron chi connectivity index (χ3n) is 6.33. The first-order valence-electron chi connectivity index (χ1n) is 10.7. The van der Waals surface area contributed by atoms with Gasteiger partial charge in [0.2, 0.25) is 0 Å². The summed E-state index contributed by atoms with van der Waals surface area (Å²) in [4.78, 5) is 16.3. The summed E-state index contributed by atoms with van der Waals surface area (Å²) in [6, 6.07) is 3.49. The molecular formula is C22H31NO6. The number of hydrogen-bond acceptors (Lipinski definition) is 7. The Morgan fingerprint density at radius 2 is 1.97 bits per heavy atom. The smallest absolute Gasteiger partial charge is 0.337 e. The lowest BCUT2D eigenvalue weighted by molar-refractivity contribution is -0.264. The first-order chi connectivity index (χ1) is 14.1. The van der Waals surface area contributed by atoms with Crippen molar-refractivity contribution in [2.75, 3.05) is 26.9 Å². The number of hydrogen-bond donors (Lipinski definition) is 0. The highest BCUT2D eigenvalue weighted by Gasteiger charge is 2.47. The molecule has 1 aliphatic carbocycles. The number of carbonyl (C=O) groups is 1. The zero-order valence-corrected chi connectivity index (χ0v) is 17.2. The number of ether oxygens (including phenoxy) is 5. The Bertz CT molecular complexity index is 686. The summed E-state index contributed by atoms with van der Waals surface area (Å²) in [7, 11) is 1.39. The molecule has 0 amide bonds. The van der Waals surface area contributed by atoms with E-state index >= 15 is 0 Å². The van der Waals surface area contributed by atoms with E-state index in [0.29, 0.717) is 18.8 Å². The van der Waals surface area contributed by atoms with Gasteiger partial charge in [-0.2, -0.15) is 0 Å². The number of esters is 1. The van der Waals surface area contributed by atoms with Crippen LogP contribution in [0.5, 0.6) is 0 Å². The standard InChI is InChI=1S/C22H31NO6/c1-25-20(24)17-6-12-23-18(16-17)5-7-21(29-19-4-2-3-13-26-19)8-10-22(11-9-21)27-14-15-28-22/h6,12,16,19H,2-5,7-11,13-15H2,1H3. The van der Waals surface area contributed by atoms with E-state index in [4.69, 9.17) is 23.7 Å². The molecule has 1 aromatic heterocycles. The molecule has 0 N–H and O–H groups in total. The minimum absolute atomic E-state index is 0.141. The van der Waals surface area contributed by atoms with Crippen molar-refractivity contribution >= 4 is 5.97 Å². The van der Waals surface area contributed by atoms with E-state index in [1.54, 1.807) is 12.3 Å². The molecule has 2 saturated heterocycles. The molecule has 2 aliphatic heterocycles. The minimum atomic E-state index is -0.427. The van der Waals surface area contributed by atoms with Gasteiger partial charge in [-0.15, -0.1) is 0 Å². The van der Waals surface area contributed by atoms with Crippen LogP contribution >= 0.6 is 0 Å². The molecule has 0 radical (unpaired) electrons.